The second-order valence-electron chi connectivity index (χ2n) is 6.84. The Kier molecular flexibility index (Phi) is 3.89. The minimum absolute atomic E-state index is 0.0269. The van der Waals surface area contributed by atoms with Gasteiger partial charge in [0.25, 0.3) is 5.91 Å². The molecule has 2 nitrogen and oxygen atoms in total. The molecular formula is C16H25NO. The summed E-state index contributed by atoms with van der Waals surface area (Å²) in [4.78, 5) is 11.7. The van der Waals surface area contributed by atoms with Crippen LogP contribution in [0.1, 0.15) is 63.0 Å². The van der Waals surface area contributed by atoms with Crippen LogP contribution in [-0.2, 0) is 10.8 Å². The molecule has 1 N–H and O–H groups in total. The zero-order chi connectivity index (χ0) is 14.1. The molecule has 0 heterocycles. The van der Waals surface area contributed by atoms with E-state index in [2.05, 4.69) is 52.9 Å². The highest BCUT2D eigenvalue weighted by molar-refractivity contribution is 5.94. The Morgan fingerprint density at radius 3 is 1.83 bits per heavy atom. The average molecular weight is 247 g/mol. The third kappa shape index (κ3) is 3.12. The largest absolute Gasteiger partial charge is 0.355 e. The average Bonchev–Trinajstić information content (AvgIpc) is 2.24. The summed E-state index contributed by atoms with van der Waals surface area (Å²) in [6.07, 6.45) is 0. The highest BCUT2D eigenvalue weighted by Crippen LogP contribution is 2.34. The predicted molar refractivity (Wildman–Crippen MR) is 77.2 cm³/mol. The molecule has 0 bridgehead atoms. The molecule has 100 valence electrons. The van der Waals surface area contributed by atoms with Crippen LogP contribution in [0.15, 0.2) is 18.2 Å². The fraction of sp³-hybridized carbons (Fsp3) is 0.562. The molecule has 0 atom stereocenters. The van der Waals surface area contributed by atoms with E-state index in [0.29, 0.717) is 0 Å². The Labute approximate surface area is 111 Å². The molecule has 0 radical (unpaired) electrons. The number of benzene rings is 1. The van der Waals surface area contributed by atoms with Crippen molar-refractivity contribution in [2.24, 2.45) is 0 Å². The summed E-state index contributed by atoms with van der Waals surface area (Å²) in [5.74, 6) is -0.0269. The van der Waals surface area contributed by atoms with Crippen molar-refractivity contribution >= 4 is 5.91 Å². The zero-order valence-electron chi connectivity index (χ0n) is 12.6. The molecule has 0 fully saturated rings. The number of hydrogen-bond acceptors (Lipinski definition) is 1. The van der Waals surface area contributed by atoms with Gasteiger partial charge in [-0.2, -0.15) is 0 Å². The molecule has 1 aromatic carbocycles. The third-order valence-corrected chi connectivity index (χ3v) is 3.12. The molecule has 0 saturated heterocycles. The van der Waals surface area contributed by atoms with E-state index in [0.717, 1.165) is 5.56 Å². The number of amides is 1. The molecule has 0 aromatic heterocycles. The predicted octanol–water partition coefficient (Wildman–Crippen LogP) is 3.64. The quantitative estimate of drug-likeness (QED) is 0.806. The number of nitrogens with one attached hydrogen (secondary N) is 1. The summed E-state index contributed by atoms with van der Waals surface area (Å²) >= 11 is 0. The Balaban J connectivity index is 3.45. The SMILES string of the molecule is CNC(=O)c1ccc(C(C)(C)C)c(C(C)(C)C)c1. The number of hydrogen-bond donors (Lipinski definition) is 1. The zero-order valence-corrected chi connectivity index (χ0v) is 12.6. The number of rotatable bonds is 1. The summed E-state index contributed by atoms with van der Waals surface area (Å²) in [6, 6.07) is 6.03. The lowest BCUT2D eigenvalue weighted by Crippen LogP contribution is -2.24. The van der Waals surface area contributed by atoms with Gasteiger partial charge in [-0.1, -0.05) is 47.6 Å². The Bertz CT molecular complexity index is 447. The minimum Gasteiger partial charge on any atom is -0.355 e. The third-order valence-electron chi connectivity index (χ3n) is 3.12. The topological polar surface area (TPSA) is 29.1 Å². The van der Waals surface area contributed by atoms with E-state index in [9.17, 15) is 4.79 Å². The van der Waals surface area contributed by atoms with Crippen LogP contribution in [0, 0.1) is 0 Å². The highest BCUT2D eigenvalue weighted by atomic mass is 16.1. The first-order chi connectivity index (χ1) is 8.07. The van der Waals surface area contributed by atoms with Crippen LogP contribution in [0.25, 0.3) is 0 Å². The van der Waals surface area contributed by atoms with Crippen LogP contribution in [0.5, 0.6) is 0 Å². The van der Waals surface area contributed by atoms with Crippen molar-refractivity contribution in [2.45, 2.75) is 52.4 Å². The monoisotopic (exact) mass is 247 g/mol. The van der Waals surface area contributed by atoms with E-state index >= 15 is 0 Å². The molecule has 2 heteroatoms. The fourth-order valence-corrected chi connectivity index (χ4v) is 2.10. The van der Waals surface area contributed by atoms with Gasteiger partial charge < -0.3 is 5.32 Å². The van der Waals surface area contributed by atoms with Crippen LogP contribution < -0.4 is 5.32 Å². The molecule has 1 aromatic rings. The second-order valence-corrected chi connectivity index (χ2v) is 6.84. The van der Waals surface area contributed by atoms with Gasteiger partial charge in [-0.05, 0) is 34.1 Å². The van der Waals surface area contributed by atoms with Gasteiger partial charge in [0.2, 0.25) is 0 Å². The van der Waals surface area contributed by atoms with Crippen molar-refractivity contribution in [1.82, 2.24) is 5.32 Å². The summed E-state index contributed by atoms with van der Waals surface area (Å²) in [6.45, 7) is 13.2. The first-order valence-electron chi connectivity index (χ1n) is 6.44. The van der Waals surface area contributed by atoms with Crippen LogP contribution in [0.2, 0.25) is 0 Å². The maximum absolute atomic E-state index is 11.7. The molecule has 0 unspecified atom stereocenters. The molecule has 1 amide bonds. The van der Waals surface area contributed by atoms with Gasteiger partial charge in [-0.3, -0.25) is 4.79 Å². The molecule has 0 aliphatic carbocycles. The highest BCUT2D eigenvalue weighted by Gasteiger charge is 2.25. The van der Waals surface area contributed by atoms with Crippen LogP contribution in [-0.4, -0.2) is 13.0 Å². The Hall–Kier alpha value is -1.31. The van der Waals surface area contributed by atoms with Gasteiger partial charge in [0, 0.05) is 12.6 Å². The molecule has 0 aliphatic heterocycles. The van der Waals surface area contributed by atoms with Gasteiger partial charge in [0.1, 0.15) is 0 Å². The van der Waals surface area contributed by atoms with E-state index in [-0.39, 0.29) is 16.7 Å². The van der Waals surface area contributed by atoms with E-state index in [1.165, 1.54) is 11.1 Å². The second kappa shape index (κ2) is 4.75. The Morgan fingerprint density at radius 2 is 1.44 bits per heavy atom. The molecule has 0 aliphatic rings. The van der Waals surface area contributed by atoms with Gasteiger partial charge in [-0.15, -0.1) is 0 Å². The normalized spacial score (nSPS) is 12.4. The summed E-state index contributed by atoms with van der Waals surface area (Å²) in [7, 11) is 1.66. The summed E-state index contributed by atoms with van der Waals surface area (Å²) < 4.78 is 0. The van der Waals surface area contributed by atoms with Crippen molar-refractivity contribution in [3.05, 3.63) is 34.9 Å². The number of carbonyl (C=O) groups excluding carboxylic acids is 1. The van der Waals surface area contributed by atoms with Crippen LogP contribution >= 0.6 is 0 Å². The molecule has 18 heavy (non-hydrogen) atoms. The molecule has 1 rings (SSSR count). The first-order valence-corrected chi connectivity index (χ1v) is 6.44. The van der Waals surface area contributed by atoms with Crippen LogP contribution in [0.4, 0.5) is 0 Å². The van der Waals surface area contributed by atoms with Gasteiger partial charge in [0.15, 0.2) is 0 Å². The maximum atomic E-state index is 11.7. The number of carbonyl (C=O) groups is 1. The first kappa shape index (κ1) is 14.7. The lowest BCUT2D eigenvalue weighted by Gasteiger charge is -2.30. The van der Waals surface area contributed by atoms with E-state index in [1.54, 1.807) is 7.05 Å². The molecule has 0 saturated carbocycles. The van der Waals surface area contributed by atoms with Crippen molar-refractivity contribution in [3.8, 4) is 0 Å². The lowest BCUT2D eigenvalue weighted by atomic mass is 9.74. The summed E-state index contributed by atoms with van der Waals surface area (Å²) in [5, 5.41) is 2.68. The van der Waals surface area contributed by atoms with E-state index in [4.69, 9.17) is 0 Å². The minimum atomic E-state index is -0.0269. The van der Waals surface area contributed by atoms with Gasteiger partial charge in [0.05, 0.1) is 0 Å². The smallest absolute Gasteiger partial charge is 0.251 e. The summed E-state index contributed by atoms with van der Waals surface area (Å²) in [5.41, 5.74) is 3.41. The maximum Gasteiger partial charge on any atom is 0.251 e. The van der Waals surface area contributed by atoms with E-state index in [1.807, 2.05) is 12.1 Å². The van der Waals surface area contributed by atoms with Crippen molar-refractivity contribution in [3.63, 3.8) is 0 Å². The van der Waals surface area contributed by atoms with Crippen molar-refractivity contribution < 1.29 is 4.79 Å². The van der Waals surface area contributed by atoms with E-state index < -0.39 is 0 Å². The van der Waals surface area contributed by atoms with Crippen LogP contribution in [0.3, 0.4) is 0 Å². The fourth-order valence-electron chi connectivity index (χ4n) is 2.10. The van der Waals surface area contributed by atoms with Gasteiger partial charge >= 0.3 is 0 Å². The van der Waals surface area contributed by atoms with Crippen molar-refractivity contribution in [2.75, 3.05) is 7.05 Å². The van der Waals surface area contributed by atoms with Crippen molar-refractivity contribution in [1.29, 1.82) is 0 Å². The lowest BCUT2D eigenvalue weighted by molar-refractivity contribution is 0.0963. The molecular weight excluding hydrogens is 222 g/mol. The van der Waals surface area contributed by atoms with Gasteiger partial charge in [-0.25, -0.2) is 0 Å². The molecule has 0 spiro atoms. The Morgan fingerprint density at radius 1 is 0.944 bits per heavy atom. The standard InChI is InChI=1S/C16H25NO/c1-15(2,3)12-9-8-11(14(18)17-7)10-13(12)16(4,5)6/h8-10H,1-7H3,(H,17,18).